The van der Waals surface area contributed by atoms with E-state index in [2.05, 4.69) is 26.6 Å². The number of urea groups is 1. The molecule has 0 spiro atoms. The van der Waals surface area contributed by atoms with Crippen molar-refractivity contribution < 1.29 is 24.0 Å². The van der Waals surface area contributed by atoms with E-state index in [4.69, 9.17) is 13.6 Å². The molecule has 1 unspecified atom stereocenters. The molecule has 13 heteroatoms. The quantitative estimate of drug-likeness (QED) is 0.0568. The van der Waals surface area contributed by atoms with Crippen molar-refractivity contribution in [2.45, 2.75) is 83.7 Å². The van der Waals surface area contributed by atoms with Gasteiger partial charge in [-0.3, -0.25) is 19.2 Å². The van der Waals surface area contributed by atoms with Crippen LogP contribution < -0.4 is 32.3 Å². The summed E-state index contributed by atoms with van der Waals surface area (Å²) in [5.74, 6) is -1.32. The summed E-state index contributed by atoms with van der Waals surface area (Å²) in [4.78, 5) is 60.2. The standard InChI is InChI=1S/C22H40BIN6O5/c1-14(2)19(30-17(31)9-5-4-6-10-26-18(32)13-24)21(34)29-16(8-7-11-27-22(25)35)20(33)28-15(3)12-23/h14-16,19H,4-13H2,1-3H3,(H,26,32)(H,28,33)(H,29,34)(H,30,31)(H3,25,27,35)/t15-,16+,19?/m1/s1. The first kappa shape index (κ1) is 32.9. The van der Waals surface area contributed by atoms with Gasteiger partial charge < -0.3 is 32.3 Å². The maximum Gasteiger partial charge on any atom is 0.312 e. The lowest BCUT2D eigenvalue weighted by Gasteiger charge is -2.26. The molecule has 0 fully saturated rings. The van der Waals surface area contributed by atoms with E-state index in [1.165, 1.54) is 0 Å². The van der Waals surface area contributed by atoms with Gasteiger partial charge in [0.25, 0.3) is 0 Å². The zero-order valence-corrected chi connectivity index (χ0v) is 23.1. The summed E-state index contributed by atoms with van der Waals surface area (Å²) in [5.41, 5.74) is 5.06. The molecule has 35 heavy (non-hydrogen) atoms. The zero-order chi connectivity index (χ0) is 26.8. The Hall–Kier alpha value is -2.06. The number of hydrogen-bond donors (Lipinski definition) is 6. The van der Waals surface area contributed by atoms with Crippen molar-refractivity contribution >= 4 is 60.1 Å². The molecular weight excluding hydrogens is 566 g/mol. The summed E-state index contributed by atoms with van der Waals surface area (Å²) in [6.07, 6.45) is 3.35. The molecule has 7 N–H and O–H groups in total. The molecule has 0 saturated carbocycles. The maximum atomic E-state index is 13.0. The summed E-state index contributed by atoms with van der Waals surface area (Å²) in [6, 6.07) is -2.61. The second-order valence-corrected chi connectivity index (χ2v) is 9.49. The molecule has 0 saturated heterocycles. The van der Waals surface area contributed by atoms with Crippen LogP contribution in [-0.2, 0) is 19.2 Å². The van der Waals surface area contributed by atoms with Crippen LogP contribution >= 0.6 is 22.6 Å². The van der Waals surface area contributed by atoms with Crippen molar-refractivity contribution in [2.75, 3.05) is 17.5 Å². The van der Waals surface area contributed by atoms with Crippen LogP contribution in [0.25, 0.3) is 0 Å². The van der Waals surface area contributed by atoms with Crippen molar-refractivity contribution in [3.8, 4) is 0 Å². The van der Waals surface area contributed by atoms with Gasteiger partial charge in [-0.05, 0) is 38.5 Å². The first-order valence-corrected chi connectivity index (χ1v) is 13.5. The molecule has 0 aromatic heterocycles. The van der Waals surface area contributed by atoms with Crippen molar-refractivity contribution in [2.24, 2.45) is 11.7 Å². The van der Waals surface area contributed by atoms with E-state index in [1.807, 2.05) is 36.4 Å². The molecule has 11 nitrogen and oxygen atoms in total. The highest BCUT2D eigenvalue weighted by Crippen LogP contribution is 2.07. The van der Waals surface area contributed by atoms with Gasteiger partial charge in [0.1, 0.15) is 12.1 Å². The second kappa shape index (κ2) is 19.2. The van der Waals surface area contributed by atoms with Gasteiger partial charge in [0, 0.05) is 25.6 Å². The minimum atomic E-state index is -0.859. The van der Waals surface area contributed by atoms with Crippen LogP contribution in [0.5, 0.6) is 0 Å². The van der Waals surface area contributed by atoms with Crippen LogP contribution in [0, 0.1) is 5.92 Å². The van der Waals surface area contributed by atoms with Gasteiger partial charge in [0.05, 0.1) is 12.3 Å². The molecule has 3 atom stereocenters. The average Bonchev–Trinajstić information content (AvgIpc) is 2.80. The Morgan fingerprint density at radius 1 is 0.829 bits per heavy atom. The molecule has 6 amide bonds. The fraction of sp³-hybridized carbons (Fsp3) is 0.773. The number of carbonyl (C=O) groups is 5. The fourth-order valence-electron chi connectivity index (χ4n) is 3.09. The summed E-state index contributed by atoms with van der Waals surface area (Å²) in [6.45, 7) is 6.19. The number of rotatable bonds is 18. The van der Waals surface area contributed by atoms with Gasteiger partial charge in [0.15, 0.2) is 0 Å². The molecule has 0 aromatic rings. The normalized spacial score (nSPS) is 13.3. The molecule has 0 aliphatic rings. The number of unbranched alkanes of at least 4 members (excludes halogenated alkanes) is 2. The smallest absolute Gasteiger partial charge is 0.312 e. The molecule has 0 aliphatic carbocycles. The Balaban J connectivity index is 4.85. The van der Waals surface area contributed by atoms with Gasteiger partial charge >= 0.3 is 6.03 Å². The van der Waals surface area contributed by atoms with Gasteiger partial charge in [0.2, 0.25) is 23.6 Å². The van der Waals surface area contributed by atoms with Gasteiger partial charge in [-0.15, -0.1) is 0 Å². The summed E-state index contributed by atoms with van der Waals surface area (Å²) in [7, 11) is 5.58. The van der Waals surface area contributed by atoms with Crippen LogP contribution in [0.4, 0.5) is 4.79 Å². The van der Waals surface area contributed by atoms with Crippen molar-refractivity contribution in [1.82, 2.24) is 26.6 Å². The number of nitrogens with two attached hydrogens (primary N) is 1. The largest absolute Gasteiger partial charge is 0.355 e. The molecule has 0 heterocycles. The van der Waals surface area contributed by atoms with E-state index in [0.29, 0.717) is 23.8 Å². The van der Waals surface area contributed by atoms with E-state index in [-0.39, 0.29) is 55.4 Å². The first-order chi connectivity index (χ1) is 16.5. The maximum absolute atomic E-state index is 13.0. The number of nitrogens with one attached hydrogen (secondary N) is 5. The molecule has 0 rings (SSSR count). The van der Waals surface area contributed by atoms with E-state index < -0.39 is 24.0 Å². The Bertz CT molecular complexity index is 697. The molecule has 198 valence electrons. The first-order valence-electron chi connectivity index (χ1n) is 12.0. The lowest BCUT2D eigenvalue weighted by Crippen LogP contribution is -2.56. The monoisotopic (exact) mass is 606 g/mol. The Morgan fingerprint density at radius 2 is 1.49 bits per heavy atom. The van der Waals surface area contributed by atoms with Crippen LogP contribution in [0.1, 0.15) is 59.3 Å². The molecule has 0 aromatic carbocycles. The average molecular weight is 606 g/mol. The van der Waals surface area contributed by atoms with E-state index in [1.54, 1.807) is 6.92 Å². The van der Waals surface area contributed by atoms with E-state index in [0.717, 1.165) is 12.8 Å². The molecule has 0 aliphatic heterocycles. The third-order valence-corrected chi connectivity index (χ3v) is 5.83. The molecule has 0 bridgehead atoms. The highest BCUT2D eigenvalue weighted by Gasteiger charge is 2.28. The number of hydrogen-bond acceptors (Lipinski definition) is 5. The third-order valence-electron chi connectivity index (χ3n) is 5.13. The number of halogens is 1. The third kappa shape index (κ3) is 16.3. The van der Waals surface area contributed by atoms with Crippen LogP contribution in [0.2, 0.25) is 6.32 Å². The highest BCUT2D eigenvalue weighted by atomic mass is 127. The van der Waals surface area contributed by atoms with Gasteiger partial charge in [-0.1, -0.05) is 49.2 Å². The van der Waals surface area contributed by atoms with Crippen LogP contribution in [0.3, 0.4) is 0 Å². The lowest BCUT2D eigenvalue weighted by molar-refractivity contribution is -0.133. The number of amides is 6. The number of alkyl halides is 1. The Morgan fingerprint density at radius 3 is 2.06 bits per heavy atom. The van der Waals surface area contributed by atoms with Gasteiger partial charge in [-0.2, -0.15) is 0 Å². The zero-order valence-electron chi connectivity index (χ0n) is 21.0. The second-order valence-electron chi connectivity index (χ2n) is 8.72. The summed E-state index contributed by atoms with van der Waals surface area (Å²) >= 11 is 1.99. The molecule has 2 radical (unpaired) electrons. The van der Waals surface area contributed by atoms with E-state index >= 15 is 0 Å². The Labute approximate surface area is 223 Å². The van der Waals surface area contributed by atoms with Crippen LogP contribution in [0.15, 0.2) is 0 Å². The predicted molar refractivity (Wildman–Crippen MR) is 144 cm³/mol. The summed E-state index contributed by atoms with van der Waals surface area (Å²) in [5, 5.41) is 13.5. The van der Waals surface area contributed by atoms with Crippen LogP contribution in [-0.4, -0.2) is 73.1 Å². The fourth-order valence-corrected chi connectivity index (χ4v) is 3.36. The summed E-state index contributed by atoms with van der Waals surface area (Å²) < 4.78 is 0.414. The number of carbonyl (C=O) groups excluding carboxylic acids is 5. The van der Waals surface area contributed by atoms with Crippen molar-refractivity contribution in [3.63, 3.8) is 0 Å². The van der Waals surface area contributed by atoms with E-state index in [9.17, 15) is 24.0 Å². The SMILES string of the molecule is [B]C[C@@H](C)NC(=O)[C@H](CCCNC(N)=O)NC(=O)C(NC(=O)CCCCCNC(=O)CI)C(C)C. The highest BCUT2D eigenvalue weighted by molar-refractivity contribution is 14.1. The Kier molecular flexibility index (Phi) is 18.0. The minimum absolute atomic E-state index is 0.0114. The van der Waals surface area contributed by atoms with Gasteiger partial charge in [-0.25, -0.2) is 4.79 Å². The predicted octanol–water partition coefficient (Wildman–Crippen LogP) is 0.264. The topological polar surface area (TPSA) is 172 Å². The van der Waals surface area contributed by atoms with Crippen molar-refractivity contribution in [1.29, 1.82) is 0 Å². The number of primary amides is 1. The van der Waals surface area contributed by atoms with Crippen molar-refractivity contribution in [3.05, 3.63) is 0 Å². The molecular formula is C22H40BIN6O5. The lowest BCUT2D eigenvalue weighted by atomic mass is 9.98. The minimum Gasteiger partial charge on any atom is -0.355 e.